The SMILES string of the molecule is COC(C)CN1CCN(C(=O)c2cc(C(C)(C)C)sc2NC(=O)Nc2cccc(Cl)c2Cl)C(C)(C)C1=O. The molecule has 2 aromatic rings. The number of anilines is 2. The van der Waals surface area contributed by atoms with Gasteiger partial charge in [-0.05, 0) is 44.4 Å². The first-order chi connectivity index (χ1) is 17.2. The smallest absolute Gasteiger partial charge is 0.324 e. The molecule has 202 valence electrons. The fourth-order valence-corrected chi connectivity index (χ4v) is 5.48. The van der Waals surface area contributed by atoms with E-state index in [0.717, 1.165) is 4.88 Å². The van der Waals surface area contributed by atoms with E-state index in [4.69, 9.17) is 27.9 Å². The summed E-state index contributed by atoms with van der Waals surface area (Å²) in [7, 11) is 1.61. The van der Waals surface area contributed by atoms with Crippen LogP contribution in [0.5, 0.6) is 0 Å². The van der Waals surface area contributed by atoms with Crippen LogP contribution in [0.2, 0.25) is 10.0 Å². The molecular weight excluding hydrogens is 535 g/mol. The van der Waals surface area contributed by atoms with Gasteiger partial charge in [0.25, 0.3) is 5.91 Å². The molecule has 0 saturated carbocycles. The van der Waals surface area contributed by atoms with E-state index >= 15 is 0 Å². The fraction of sp³-hybridized carbons (Fsp3) is 0.500. The quantitative estimate of drug-likeness (QED) is 0.440. The van der Waals surface area contributed by atoms with Gasteiger partial charge >= 0.3 is 6.03 Å². The van der Waals surface area contributed by atoms with Gasteiger partial charge in [-0.3, -0.25) is 14.9 Å². The van der Waals surface area contributed by atoms with Crippen LogP contribution in [0.4, 0.5) is 15.5 Å². The molecule has 37 heavy (non-hydrogen) atoms. The summed E-state index contributed by atoms with van der Waals surface area (Å²) in [6, 6.07) is 6.17. The lowest BCUT2D eigenvalue weighted by molar-refractivity contribution is -0.148. The lowest BCUT2D eigenvalue weighted by atomic mass is 9.93. The van der Waals surface area contributed by atoms with Crippen LogP contribution in [0.1, 0.15) is 56.8 Å². The third kappa shape index (κ3) is 6.39. The maximum Gasteiger partial charge on any atom is 0.324 e. The normalized spacial score (nSPS) is 16.5. The number of methoxy groups -OCH3 is 1. The van der Waals surface area contributed by atoms with Crippen LogP contribution in [-0.2, 0) is 14.9 Å². The van der Waals surface area contributed by atoms with Crippen molar-refractivity contribution >= 4 is 63.1 Å². The molecule has 1 saturated heterocycles. The molecule has 0 radical (unpaired) electrons. The predicted molar refractivity (Wildman–Crippen MR) is 150 cm³/mol. The Morgan fingerprint density at radius 1 is 1.19 bits per heavy atom. The van der Waals surface area contributed by atoms with E-state index in [-0.39, 0.29) is 28.4 Å². The molecule has 3 rings (SSSR count). The zero-order chi connectivity index (χ0) is 27.7. The summed E-state index contributed by atoms with van der Waals surface area (Å²) in [6.07, 6.45) is -0.115. The molecule has 1 aromatic heterocycles. The van der Waals surface area contributed by atoms with Crippen molar-refractivity contribution in [2.45, 2.75) is 58.6 Å². The van der Waals surface area contributed by atoms with E-state index in [9.17, 15) is 14.4 Å². The number of thiophene rings is 1. The average molecular weight is 570 g/mol. The molecule has 4 amide bonds. The number of urea groups is 1. The summed E-state index contributed by atoms with van der Waals surface area (Å²) in [5, 5.41) is 6.42. The van der Waals surface area contributed by atoms with Gasteiger partial charge in [0.15, 0.2) is 0 Å². The van der Waals surface area contributed by atoms with Gasteiger partial charge in [-0.1, -0.05) is 50.0 Å². The van der Waals surface area contributed by atoms with E-state index in [1.54, 1.807) is 55.0 Å². The number of halogens is 2. The largest absolute Gasteiger partial charge is 0.380 e. The number of ether oxygens (including phenoxy) is 1. The Bertz CT molecular complexity index is 1190. The first-order valence-corrected chi connectivity index (χ1v) is 13.5. The lowest BCUT2D eigenvalue weighted by Gasteiger charge is -2.46. The molecule has 1 unspecified atom stereocenters. The molecular formula is C26H34Cl2N4O4S. The van der Waals surface area contributed by atoms with Crippen molar-refractivity contribution in [3.8, 4) is 0 Å². The highest BCUT2D eigenvalue weighted by molar-refractivity contribution is 7.16. The number of carbonyl (C=O) groups is 3. The van der Waals surface area contributed by atoms with Gasteiger partial charge in [0.1, 0.15) is 10.5 Å². The molecule has 1 aliphatic heterocycles. The van der Waals surface area contributed by atoms with Gasteiger partial charge in [0.2, 0.25) is 5.91 Å². The highest BCUT2D eigenvalue weighted by Crippen LogP contribution is 2.38. The van der Waals surface area contributed by atoms with Crippen LogP contribution in [0.3, 0.4) is 0 Å². The van der Waals surface area contributed by atoms with Gasteiger partial charge in [0.05, 0.1) is 27.4 Å². The number of amides is 4. The first kappa shape index (κ1) is 29.2. The molecule has 1 atom stereocenters. The van der Waals surface area contributed by atoms with Gasteiger partial charge in [0, 0.05) is 31.6 Å². The minimum atomic E-state index is -1.07. The Balaban J connectivity index is 1.89. The summed E-state index contributed by atoms with van der Waals surface area (Å²) in [5.74, 6) is -0.467. The number of hydrogen-bond donors (Lipinski definition) is 2. The number of benzene rings is 1. The topological polar surface area (TPSA) is 91.0 Å². The molecule has 1 aliphatic rings. The van der Waals surface area contributed by atoms with Crippen LogP contribution >= 0.6 is 34.5 Å². The Labute approximate surface area is 232 Å². The molecule has 11 heteroatoms. The molecule has 2 N–H and O–H groups in total. The fourth-order valence-electron chi connectivity index (χ4n) is 4.03. The van der Waals surface area contributed by atoms with Crippen LogP contribution in [0, 0.1) is 0 Å². The number of rotatable bonds is 6. The summed E-state index contributed by atoms with van der Waals surface area (Å²) in [5.41, 5.74) is -0.644. The monoisotopic (exact) mass is 568 g/mol. The summed E-state index contributed by atoms with van der Waals surface area (Å²) in [4.78, 5) is 44.3. The Morgan fingerprint density at radius 3 is 2.49 bits per heavy atom. The van der Waals surface area contributed by atoms with Gasteiger partial charge < -0.3 is 19.9 Å². The number of nitrogens with zero attached hydrogens (tertiary/aromatic N) is 2. The third-order valence-electron chi connectivity index (χ3n) is 6.33. The summed E-state index contributed by atoms with van der Waals surface area (Å²) >= 11 is 13.6. The van der Waals surface area contributed by atoms with E-state index < -0.39 is 11.6 Å². The Kier molecular flexibility index (Phi) is 8.84. The third-order valence-corrected chi connectivity index (χ3v) is 8.63. The molecule has 1 fully saturated rings. The molecule has 1 aromatic carbocycles. The molecule has 8 nitrogen and oxygen atoms in total. The summed E-state index contributed by atoms with van der Waals surface area (Å²) < 4.78 is 5.32. The van der Waals surface area contributed by atoms with Crippen molar-refractivity contribution < 1.29 is 19.1 Å². The van der Waals surface area contributed by atoms with Crippen molar-refractivity contribution in [3.05, 3.63) is 44.8 Å². The van der Waals surface area contributed by atoms with E-state index in [0.29, 0.717) is 40.9 Å². The minimum absolute atomic E-state index is 0.115. The zero-order valence-electron chi connectivity index (χ0n) is 22.2. The van der Waals surface area contributed by atoms with Crippen LogP contribution in [-0.4, -0.2) is 66.0 Å². The van der Waals surface area contributed by atoms with Crippen LogP contribution in [0.25, 0.3) is 0 Å². The van der Waals surface area contributed by atoms with Gasteiger partial charge in [-0.15, -0.1) is 11.3 Å². The Hall–Kier alpha value is -2.33. The van der Waals surface area contributed by atoms with Gasteiger partial charge in [-0.25, -0.2) is 4.79 Å². The molecule has 2 heterocycles. The average Bonchev–Trinajstić information content (AvgIpc) is 3.24. The standard InChI is InChI=1S/C26H34Cl2N4O4S/c1-15(36-7)14-31-11-12-32(26(5,6)23(31)34)22(33)16-13-19(25(2,3)4)37-21(16)30-24(35)29-18-10-8-9-17(27)20(18)28/h8-10,13,15H,11-12,14H2,1-7H3,(H2,29,30,35). The van der Waals surface area contributed by atoms with Crippen molar-refractivity contribution in [2.24, 2.45) is 0 Å². The van der Waals surface area contributed by atoms with Crippen LogP contribution < -0.4 is 10.6 Å². The maximum absolute atomic E-state index is 13.9. The molecule has 0 spiro atoms. The Morgan fingerprint density at radius 2 is 1.86 bits per heavy atom. The van der Waals surface area contributed by atoms with E-state index in [1.807, 2.05) is 27.7 Å². The highest BCUT2D eigenvalue weighted by Gasteiger charge is 2.45. The second kappa shape index (κ2) is 11.2. The van der Waals surface area contributed by atoms with Crippen molar-refractivity contribution in [1.29, 1.82) is 0 Å². The number of nitrogens with one attached hydrogen (secondary N) is 2. The van der Waals surface area contributed by atoms with Gasteiger partial charge in [-0.2, -0.15) is 0 Å². The second-order valence-corrected chi connectivity index (χ2v) is 12.4. The van der Waals surface area contributed by atoms with Crippen molar-refractivity contribution in [2.75, 3.05) is 37.4 Å². The summed E-state index contributed by atoms with van der Waals surface area (Å²) in [6.45, 7) is 12.7. The second-order valence-electron chi connectivity index (χ2n) is 10.6. The lowest BCUT2D eigenvalue weighted by Crippen LogP contribution is -2.65. The number of carbonyl (C=O) groups excluding carboxylic acids is 3. The highest BCUT2D eigenvalue weighted by atomic mass is 35.5. The molecule has 0 aliphatic carbocycles. The van der Waals surface area contributed by atoms with Crippen LogP contribution in [0.15, 0.2) is 24.3 Å². The number of piperazine rings is 1. The maximum atomic E-state index is 13.9. The minimum Gasteiger partial charge on any atom is -0.380 e. The van der Waals surface area contributed by atoms with Crippen molar-refractivity contribution in [1.82, 2.24) is 9.80 Å². The zero-order valence-corrected chi connectivity index (χ0v) is 24.5. The van der Waals surface area contributed by atoms with Crippen molar-refractivity contribution in [3.63, 3.8) is 0 Å². The first-order valence-electron chi connectivity index (χ1n) is 12.0. The van der Waals surface area contributed by atoms with E-state index in [1.165, 1.54) is 11.3 Å². The molecule has 0 bridgehead atoms. The predicted octanol–water partition coefficient (Wildman–Crippen LogP) is 6.09. The number of hydrogen-bond acceptors (Lipinski definition) is 5. The van der Waals surface area contributed by atoms with E-state index in [2.05, 4.69) is 10.6 Å².